The third kappa shape index (κ3) is 8.67. The average Bonchev–Trinajstić information content (AvgIpc) is 2.95. The summed E-state index contributed by atoms with van der Waals surface area (Å²) in [6.45, 7) is 3.80. The number of thioether (sulfide) groups is 1. The smallest absolute Gasteiger partial charge is 0.328 e. The highest BCUT2D eigenvalue weighted by molar-refractivity contribution is 8.00. The van der Waals surface area contributed by atoms with Crippen LogP contribution in [0.1, 0.15) is 18.4 Å². The first kappa shape index (κ1) is 29.8. The fraction of sp³-hybridized carbons (Fsp3) is 0.333. The summed E-state index contributed by atoms with van der Waals surface area (Å²) in [4.78, 5) is 53.9. The molecule has 3 aromatic rings. The number of amides is 1. The van der Waals surface area contributed by atoms with Gasteiger partial charge in [0.15, 0.2) is 0 Å². The van der Waals surface area contributed by atoms with Crippen LogP contribution in [0.15, 0.2) is 58.6 Å². The number of nitrogens with zero attached hydrogens (tertiary/aromatic N) is 4. The Bertz CT molecular complexity index is 1510. The van der Waals surface area contributed by atoms with E-state index in [0.29, 0.717) is 48.1 Å². The normalized spacial score (nSPS) is 15.7. The van der Waals surface area contributed by atoms with Crippen LogP contribution in [0.25, 0.3) is 11.0 Å². The lowest BCUT2D eigenvalue weighted by molar-refractivity contribution is -0.134. The first-order valence-corrected chi connectivity index (χ1v) is 13.8. The molecule has 0 bridgehead atoms. The van der Waals surface area contributed by atoms with Gasteiger partial charge in [-0.1, -0.05) is 11.8 Å². The van der Waals surface area contributed by atoms with E-state index in [1.165, 1.54) is 30.1 Å². The van der Waals surface area contributed by atoms with Crippen LogP contribution in [0, 0.1) is 5.82 Å². The molecule has 41 heavy (non-hydrogen) atoms. The summed E-state index contributed by atoms with van der Waals surface area (Å²) >= 11 is 1.46. The van der Waals surface area contributed by atoms with Crippen molar-refractivity contribution in [3.8, 4) is 0 Å². The largest absolute Gasteiger partial charge is 0.478 e. The van der Waals surface area contributed by atoms with Gasteiger partial charge < -0.3 is 30.3 Å². The summed E-state index contributed by atoms with van der Waals surface area (Å²) < 4.78 is 15.3. The van der Waals surface area contributed by atoms with E-state index in [9.17, 15) is 23.6 Å². The highest BCUT2D eigenvalue weighted by atomic mass is 32.2. The van der Waals surface area contributed by atoms with Crippen molar-refractivity contribution in [3.05, 3.63) is 70.5 Å². The summed E-state index contributed by atoms with van der Waals surface area (Å²) in [6.07, 6.45) is 6.29. The number of benzene rings is 1. The Morgan fingerprint density at radius 2 is 1.80 bits per heavy atom. The van der Waals surface area contributed by atoms with Crippen LogP contribution < -0.4 is 16.2 Å². The highest BCUT2D eigenvalue weighted by Crippen LogP contribution is 2.29. The maximum absolute atomic E-state index is 13.7. The molecule has 12 nitrogen and oxygen atoms in total. The second-order valence-corrected chi connectivity index (χ2v) is 10.4. The summed E-state index contributed by atoms with van der Waals surface area (Å²) in [6, 6.07) is 6.73. The van der Waals surface area contributed by atoms with Gasteiger partial charge in [-0.2, -0.15) is 0 Å². The van der Waals surface area contributed by atoms with E-state index in [0.717, 1.165) is 48.8 Å². The third-order valence-electron chi connectivity index (χ3n) is 6.52. The minimum Gasteiger partial charge on any atom is -0.478 e. The van der Waals surface area contributed by atoms with Crippen LogP contribution in [0.3, 0.4) is 0 Å². The number of carbonyl (C=O) groups is 3. The lowest BCUT2D eigenvalue weighted by atomic mass is 10.0. The van der Waals surface area contributed by atoms with Crippen molar-refractivity contribution < 1.29 is 29.0 Å². The summed E-state index contributed by atoms with van der Waals surface area (Å²) in [5.41, 5.74) is 2.79. The van der Waals surface area contributed by atoms with Crippen molar-refractivity contribution in [1.82, 2.24) is 24.8 Å². The second-order valence-electron chi connectivity index (χ2n) is 9.42. The first-order valence-electron chi connectivity index (χ1n) is 12.8. The molecule has 4 heterocycles. The van der Waals surface area contributed by atoms with Gasteiger partial charge in [-0.05, 0) is 55.8 Å². The van der Waals surface area contributed by atoms with E-state index >= 15 is 0 Å². The van der Waals surface area contributed by atoms with Crippen molar-refractivity contribution in [2.75, 3.05) is 30.7 Å². The molecule has 0 aliphatic carbocycles. The highest BCUT2D eigenvalue weighted by Gasteiger charge is 2.20. The maximum Gasteiger partial charge on any atom is 0.328 e. The minimum absolute atomic E-state index is 0.0129. The van der Waals surface area contributed by atoms with Gasteiger partial charge in [0.1, 0.15) is 10.8 Å². The lowest BCUT2D eigenvalue weighted by Gasteiger charge is -2.32. The van der Waals surface area contributed by atoms with E-state index in [-0.39, 0.29) is 17.3 Å². The number of fused-ring (bicyclic) bond motifs is 2. The van der Waals surface area contributed by atoms with Gasteiger partial charge in [0.05, 0.1) is 28.7 Å². The monoisotopic (exact) mass is 584 g/mol. The molecule has 0 radical (unpaired) electrons. The van der Waals surface area contributed by atoms with Crippen LogP contribution in [-0.2, 0) is 27.5 Å². The predicted molar refractivity (Wildman–Crippen MR) is 150 cm³/mol. The minimum atomic E-state index is -1.26. The molecule has 2 aliphatic rings. The zero-order chi connectivity index (χ0) is 29.4. The van der Waals surface area contributed by atoms with Gasteiger partial charge >= 0.3 is 11.9 Å². The number of aliphatic carboxylic acids is 2. The molecule has 2 aromatic heterocycles. The Balaban J connectivity index is 0.000000426. The van der Waals surface area contributed by atoms with Gasteiger partial charge in [0.25, 0.3) is 5.56 Å². The van der Waals surface area contributed by atoms with Crippen LogP contribution in [0.4, 0.5) is 10.1 Å². The van der Waals surface area contributed by atoms with Crippen LogP contribution in [0.2, 0.25) is 0 Å². The second kappa shape index (κ2) is 14.0. The number of halogens is 1. The third-order valence-corrected chi connectivity index (χ3v) is 7.53. The van der Waals surface area contributed by atoms with Crippen LogP contribution in [0.5, 0.6) is 0 Å². The molecule has 5 rings (SSSR count). The Morgan fingerprint density at radius 1 is 1.07 bits per heavy atom. The Morgan fingerprint density at radius 3 is 2.51 bits per heavy atom. The number of hydrogen-bond acceptors (Lipinski definition) is 9. The topological polar surface area (TPSA) is 167 Å². The number of carboxylic acid groups (broad SMARTS) is 2. The maximum atomic E-state index is 13.7. The number of aromatic nitrogens is 3. The molecule has 1 saturated heterocycles. The van der Waals surface area contributed by atoms with Gasteiger partial charge in [-0.3, -0.25) is 9.59 Å². The predicted octanol–water partition coefficient (Wildman–Crippen LogP) is 1.94. The number of rotatable bonds is 8. The van der Waals surface area contributed by atoms with Gasteiger partial charge in [-0.25, -0.2) is 23.9 Å². The Hall–Kier alpha value is -4.14. The van der Waals surface area contributed by atoms with Crippen molar-refractivity contribution in [1.29, 1.82) is 0 Å². The molecule has 1 amide bonds. The molecule has 0 spiro atoms. The SMILES string of the molecule is O=C(O)/C=C/C(=O)O.O=C1CSc2ncc(CNC3CCN(CCn4c(=O)cnc5ccc(F)cc54)CC3)cc2N1. The summed E-state index contributed by atoms with van der Waals surface area (Å²) in [5.74, 6) is -2.46. The van der Waals surface area contributed by atoms with Crippen molar-refractivity contribution >= 4 is 46.3 Å². The van der Waals surface area contributed by atoms with Crippen molar-refractivity contribution in [3.63, 3.8) is 0 Å². The Labute approximate surface area is 238 Å². The number of nitrogens with one attached hydrogen (secondary N) is 2. The van der Waals surface area contributed by atoms with E-state index in [1.54, 1.807) is 10.6 Å². The van der Waals surface area contributed by atoms with Crippen molar-refractivity contribution in [2.45, 2.75) is 37.0 Å². The zero-order valence-electron chi connectivity index (χ0n) is 22.0. The van der Waals surface area contributed by atoms with Crippen LogP contribution >= 0.6 is 11.8 Å². The number of piperidine rings is 1. The standard InChI is InChI=1S/C23H25FN6O2S.C4H4O4/c24-16-1-2-18-20(10-16)30(22(32)13-26-18)8-7-29-5-3-17(4-6-29)25-11-15-9-19-23(27-12-15)33-14-21(31)28-19;5-3(6)1-2-4(7)8/h1-2,9-10,12-13,17,25H,3-8,11,14H2,(H,28,31);1-2H,(H,5,6)(H,7,8)/b;2-1+. The molecule has 1 aromatic carbocycles. The number of pyridine rings is 1. The van der Waals surface area contributed by atoms with E-state index < -0.39 is 11.9 Å². The molecule has 0 unspecified atom stereocenters. The molecular weight excluding hydrogens is 555 g/mol. The summed E-state index contributed by atoms with van der Waals surface area (Å²) in [5, 5.41) is 23.0. The quantitative estimate of drug-likeness (QED) is 0.286. The van der Waals surface area contributed by atoms with E-state index in [1.807, 2.05) is 12.3 Å². The van der Waals surface area contributed by atoms with Crippen molar-refractivity contribution in [2.24, 2.45) is 0 Å². The van der Waals surface area contributed by atoms with E-state index in [2.05, 4.69) is 25.5 Å². The molecule has 2 aliphatic heterocycles. The zero-order valence-corrected chi connectivity index (χ0v) is 22.8. The van der Waals surface area contributed by atoms with Crippen LogP contribution in [-0.4, -0.2) is 78.9 Å². The van der Waals surface area contributed by atoms with E-state index in [4.69, 9.17) is 10.2 Å². The van der Waals surface area contributed by atoms with Gasteiger partial charge in [-0.15, -0.1) is 0 Å². The first-order chi connectivity index (χ1) is 19.7. The average molecular weight is 585 g/mol. The summed E-state index contributed by atoms with van der Waals surface area (Å²) in [7, 11) is 0. The molecule has 14 heteroatoms. The number of carbonyl (C=O) groups excluding carboxylic acids is 1. The fourth-order valence-electron chi connectivity index (χ4n) is 4.49. The molecule has 0 saturated carbocycles. The molecule has 216 valence electrons. The molecular formula is C27H29FN6O6S. The molecule has 1 fully saturated rings. The van der Waals surface area contributed by atoms with Gasteiger partial charge in [0.2, 0.25) is 5.91 Å². The number of likely N-dealkylation sites (tertiary alicyclic amines) is 1. The van der Waals surface area contributed by atoms with Gasteiger partial charge in [0, 0.05) is 44.0 Å². The number of hydrogen-bond donors (Lipinski definition) is 4. The molecule has 0 atom stereocenters. The number of anilines is 1. The Kier molecular flexibility index (Phi) is 10.2. The lowest BCUT2D eigenvalue weighted by Crippen LogP contribution is -2.43. The fourth-order valence-corrected chi connectivity index (χ4v) is 5.22. The molecule has 4 N–H and O–H groups in total. The number of carboxylic acids is 2.